The number of hydrogen-bond donors (Lipinski definition) is 2. The standard InChI is InChI=1S/C18H21N3O4/c1-2-4-15(22)19-9-11-5-3-6-12-13(11)10-21(18(12)25)14-7-8-16(23)20-17(14)24/h3,5-6,14H,2,4,7-10H2,1H3,(H,19,22)(H,20,23,24). The zero-order valence-electron chi connectivity index (χ0n) is 14.1. The highest BCUT2D eigenvalue weighted by atomic mass is 16.2. The van der Waals surface area contributed by atoms with Crippen molar-refractivity contribution in [2.45, 2.75) is 51.7 Å². The lowest BCUT2D eigenvalue weighted by Gasteiger charge is -2.29. The molecule has 0 aliphatic carbocycles. The second-order valence-corrected chi connectivity index (χ2v) is 6.37. The number of piperidine rings is 1. The Kier molecular flexibility index (Phi) is 4.83. The van der Waals surface area contributed by atoms with Crippen LogP contribution in [0.1, 0.15) is 54.1 Å². The van der Waals surface area contributed by atoms with Gasteiger partial charge in [0, 0.05) is 31.5 Å². The van der Waals surface area contributed by atoms with Crippen molar-refractivity contribution in [3.8, 4) is 0 Å². The van der Waals surface area contributed by atoms with Gasteiger partial charge in [-0.3, -0.25) is 24.5 Å². The van der Waals surface area contributed by atoms with E-state index in [4.69, 9.17) is 0 Å². The van der Waals surface area contributed by atoms with E-state index < -0.39 is 11.9 Å². The number of carbonyl (C=O) groups excluding carboxylic acids is 4. The van der Waals surface area contributed by atoms with Gasteiger partial charge in [-0.15, -0.1) is 0 Å². The molecule has 1 unspecified atom stereocenters. The molecule has 1 aromatic rings. The van der Waals surface area contributed by atoms with Gasteiger partial charge < -0.3 is 10.2 Å². The first-order valence-electron chi connectivity index (χ1n) is 8.53. The maximum atomic E-state index is 12.7. The molecule has 0 bridgehead atoms. The Morgan fingerprint density at radius 3 is 2.84 bits per heavy atom. The molecule has 0 aromatic heterocycles. The molecule has 0 radical (unpaired) electrons. The molecule has 3 rings (SSSR count). The summed E-state index contributed by atoms with van der Waals surface area (Å²) >= 11 is 0. The third-order valence-corrected chi connectivity index (χ3v) is 4.63. The molecule has 1 saturated heterocycles. The Morgan fingerprint density at radius 1 is 1.32 bits per heavy atom. The predicted octanol–water partition coefficient (Wildman–Crippen LogP) is 0.864. The molecule has 2 aliphatic rings. The maximum absolute atomic E-state index is 12.7. The Balaban J connectivity index is 1.77. The number of amides is 4. The van der Waals surface area contributed by atoms with E-state index in [0.717, 1.165) is 17.5 Å². The van der Waals surface area contributed by atoms with Crippen molar-refractivity contribution in [1.29, 1.82) is 0 Å². The zero-order valence-corrected chi connectivity index (χ0v) is 14.1. The maximum Gasteiger partial charge on any atom is 0.255 e. The van der Waals surface area contributed by atoms with Crippen molar-refractivity contribution in [3.63, 3.8) is 0 Å². The lowest BCUT2D eigenvalue weighted by Crippen LogP contribution is -2.52. The van der Waals surface area contributed by atoms with Crippen LogP contribution in [0, 0.1) is 0 Å². The molecular weight excluding hydrogens is 322 g/mol. The number of fused-ring (bicyclic) bond motifs is 1. The van der Waals surface area contributed by atoms with Crippen molar-refractivity contribution >= 4 is 23.6 Å². The van der Waals surface area contributed by atoms with Crippen molar-refractivity contribution < 1.29 is 19.2 Å². The largest absolute Gasteiger partial charge is 0.352 e. The van der Waals surface area contributed by atoms with Crippen molar-refractivity contribution in [2.24, 2.45) is 0 Å². The summed E-state index contributed by atoms with van der Waals surface area (Å²) in [6, 6.07) is 4.78. The minimum Gasteiger partial charge on any atom is -0.352 e. The number of nitrogens with one attached hydrogen (secondary N) is 2. The van der Waals surface area contributed by atoms with Crippen molar-refractivity contribution in [2.75, 3.05) is 0 Å². The summed E-state index contributed by atoms with van der Waals surface area (Å²) < 4.78 is 0. The second kappa shape index (κ2) is 7.04. The summed E-state index contributed by atoms with van der Waals surface area (Å²) in [4.78, 5) is 49.3. The smallest absolute Gasteiger partial charge is 0.255 e. The van der Waals surface area contributed by atoms with E-state index in [1.807, 2.05) is 13.0 Å². The number of imide groups is 1. The first kappa shape index (κ1) is 17.1. The number of benzene rings is 1. The number of nitrogens with zero attached hydrogens (tertiary/aromatic N) is 1. The third kappa shape index (κ3) is 3.40. The summed E-state index contributed by atoms with van der Waals surface area (Å²) in [5.74, 6) is -0.947. The summed E-state index contributed by atoms with van der Waals surface area (Å²) in [6.45, 7) is 2.62. The van der Waals surface area contributed by atoms with Crippen LogP contribution in [-0.2, 0) is 27.5 Å². The number of rotatable bonds is 5. The van der Waals surface area contributed by atoms with Crippen molar-refractivity contribution in [1.82, 2.24) is 15.5 Å². The fourth-order valence-corrected chi connectivity index (χ4v) is 3.32. The van der Waals surface area contributed by atoms with Crippen LogP contribution in [0.2, 0.25) is 0 Å². The van der Waals surface area contributed by atoms with Gasteiger partial charge in [0.1, 0.15) is 6.04 Å². The van der Waals surface area contributed by atoms with E-state index in [2.05, 4.69) is 10.6 Å². The van der Waals surface area contributed by atoms with Gasteiger partial charge in [-0.25, -0.2) is 0 Å². The van der Waals surface area contributed by atoms with Gasteiger partial charge in [0.05, 0.1) is 0 Å². The highest BCUT2D eigenvalue weighted by Gasteiger charge is 2.39. The first-order chi connectivity index (χ1) is 12.0. The third-order valence-electron chi connectivity index (χ3n) is 4.63. The SMILES string of the molecule is CCCC(=O)NCc1cccc2c1CN(C1CCC(=O)NC1=O)C2=O. The minimum absolute atomic E-state index is 0.0218. The van der Waals surface area contributed by atoms with E-state index in [9.17, 15) is 19.2 Å². The van der Waals surface area contributed by atoms with Gasteiger partial charge in [-0.05, 0) is 30.0 Å². The molecule has 25 heavy (non-hydrogen) atoms. The van der Waals surface area contributed by atoms with E-state index in [1.54, 1.807) is 12.1 Å². The molecule has 132 valence electrons. The fraction of sp³-hybridized carbons (Fsp3) is 0.444. The monoisotopic (exact) mass is 343 g/mol. The molecule has 2 aliphatic heterocycles. The van der Waals surface area contributed by atoms with Crippen LogP contribution in [0.4, 0.5) is 0 Å². The predicted molar refractivity (Wildman–Crippen MR) is 89.2 cm³/mol. The van der Waals surface area contributed by atoms with E-state index in [1.165, 1.54) is 4.90 Å². The Bertz CT molecular complexity index is 744. The normalized spacial score (nSPS) is 19.6. The van der Waals surface area contributed by atoms with Crippen LogP contribution in [0.3, 0.4) is 0 Å². The number of carbonyl (C=O) groups is 4. The van der Waals surface area contributed by atoms with Crippen LogP contribution < -0.4 is 10.6 Å². The van der Waals surface area contributed by atoms with E-state index in [0.29, 0.717) is 31.5 Å². The van der Waals surface area contributed by atoms with Crippen LogP contribution in [-0.4, -0.2) is 34.6 Å². The molecule has 1 fully saturated rings. The average Bonchev–Trinajstić information content (AvgIpc) is 2.91. The quantitative estimate of drug-likeness (QED) is 0.775. The molecule has 1 aromatic carbocycles. The Hall–Kier alpha value is -2.70. The number of hydrogen-bond acceptors (Lipinski definition) is 4. The fourth-order valence-electron chi connectivity index (χ4n) is 3.32. The summed E-state index contributed by atoms with van der Waals surface area (Å²) in [5, 5.41) is 5.15. The van der Waals surface area contributed by atoms with Gasteiger partial charge in [-0.2, -0.15) is 0 Å². The van der Waals surface area contributed by atoms with Crippen LogP contribution in [0.15, 0.2) is 18.2 Å². The molecule has 7 heteroatoms. The minimum atomic E-state index is -0.625. The molecule has 4 amide bonds. The molecule has 2 heterocycles. The van der Waals surface area contributed by atoms with Gasteiger partial charge in [0.25, 0.3) is 5.91 Å². The van der Waals surface area contributed by atoms with Crippen LogP contribution >= 0.6 is 0 Å². The average molecular weight is 343 g/mol. The van der Waals surface area contributed by atoms with Gasteiger partial charge in [-0.1, -0.05) is 19.1 Å². The summed E-state index contributed by atoms with van der Waals surface area (Å²) in [5.41, 5.74) is 2.28. The molecule has 0 spiro atoms. The topological polar surface area (TPSA) is 95.6 Å². The van der Waals surface area contributed by atoms with Crippen LogP contribution in [0.5, 0.6) is 0 Å². The van der Waals surface area contributed by atoms with Crippen LogP contribution in [0.25, 0.3) is 0 Å². The second-order valence-electron chi connectivity index (χ2n) is 6.37. The lowest BCUT2D eigenvalue weighted by atomic mass is 10.0. The van der Waals surface area contributed by atoms with Crippen molar-refractivity contribution in [3.05, 3.63) is 34.9 Å². The summed E-state index contributed by atoms with van der Waals surface area (Å²) in [6.07, 6.45) is 1.82. The van der Waals surface area contributed by atoms with E-state index >= 15 is 0 Å². The molecule has 0 saturated carbocycles. The Morgan fingerprint density at radius 2 is 2.12 bits per heavy atom. The highest BCUT2D eigenvalue weighted by Crippen LogP contribution is 2.29. The van der Waals surface area contributed by atoms with Gasteiger partial charge in [0.2, 0.25) is 17.7 Å². The van der Waals surface area contributed by atoms with Gasteiger partial charge in [0.15, 0.2) is 0 Å². The highest BCUT2D eigenvalue weighted by molar-refractivity contribution is 6.05. The molecular formula is C18H21N3O4. The molecule has 1 atom stereocenters. The van der Waals surface area contributed by atoms with Gasteiger partial charge >= 0.3 is 0 Å². The molecule has 2 N–H and O–H groups in total. The Labute approximate surface area is 145 Å². The lowest BCUT2D eigenvalue weighted by molar-refractivity contribution is -0.137. The first-order valence-corrected chi connectivity index (χ1v) is 8.53. The van der Waals surface area contributed by atoms with E-state index in [-0.39, 0.29) is 24.1 Å². The zero-order chi connectivity index (χ0) is 18.0. The summed E-state index contributed by atoms with van der Waals surface area (Å²) in [7, 11) is 0. The molecule has 7 nitrogen and oxygen atoms in total.